The number of rotatable bonds is 3. The average molecular weight is 347 g/mol. The standard InChI is InChI=1S/C16H12F3N5O/c1-9-13-5-10(7-20-14(13)23-22-9)8-21-24-15(25)11-3-2-4-12(6-11)16(17,18)19/h2-8H,1H3,(H,24,25)(H,20,22,23)/b21-8+. The first kappa shape index (κ1) is 16.6. The number of H-pyrrole nitrogens is 1. The Morgan fingerprint density at radius 1 is 1.32 bits per heavy atom. The number of halogens is 3. The number of benzene rings is 1. The number of hydrazone groups is 1. The van der Waals surface area contributed by atoms with Crippen LogP contribution >= 0.6 is 0 Å². The van der Waals surface area contributed by atoms with E-state index < -0.39 is 17.6 Å². The fraction of sp³-hybridized carbons (Fsp3) is 0.125. The molecule has 0 aliphatic heterocycles. The minimum atomic E-state index is -4.51. The minimum Gasteiger partial charge on any atom is -0.280 e. The zero-order valence-electron chi connectivity index (χ0n) is 12.9. The summed E-state index contributed by atoms with van der Waals surface area (Å²) < 4.78 is 38.0. The number of aromatic amines is 1. The molecule has 128 valence electrons. The number of amides is 1. The molecule has 25 heavy (non-hydrogen) atoms. The minimum absolute atomic E-state index is 0.133. The van der Waals surface area contributed by atoms with E-state index in [2.05, 4.69) is 25.7 Å². The maximum Gasteiger partial charge on any atom is 0.416 e. The lowest BCUT2D eigenvalue weighted by atomic mass is 10.1. The van der Waals surface area contributed by atoms with E-state index in [-0.39, 0.29) is 5.56 Å². The third kappa shape index (κ3) is 3.65. The second-order valence-electron chi connectivity index (χ2n) is 5.27. The van der Waals surface area contributed by atoms with Crippen LogP contribution in [0.1, 0.15) is 27.2 Å². The average Bonchev–Trinajstić information content (AvgIpc) is 2.95. The molecule has 9 heteroatoms. The summed E-state index contributed by atoms with van der Waals surface area (Å²) in [7, 11) is 0. The first-order valence-corrected chi connectivity index (χ1v) is 7.16. The highest BCUT2D eigenvalue weighted by atomic mass is 19.4. The van der Waals surface area contributed by atoms with Gasteiger partial charge in [0.25, 0.3) is 5.91 Å². The molecule has 2 aromatic heterocycles. The molecular formula is C16H12F3N5O. The van der Waals surface area contributed by atoms with E-state index in [0.717, 1.165) is 23.2 Å². The number of nitrogens with zero attached hydrogens (tertiary/aromatic N) is 3. The Kier molecular flexibility index (Phi) is 4.22. The third-order valence-corrected chi connectivity index (χ3v) is 3.45. The molecule has 0 spiro atoms. The van der Waals surface area contributed by atoms with Gasteiger partial charge < -0.3 is 0 Å². The van der Waals surface area contributed by atoms with Gasteiger partial charge in [0.2, 0.25) is 0 Å². The van der Waals surface area contributed by atoms with Crippen molar-refractivity contribution in [1.29, 1.82) is 0 Å². The van der Waals surface area contributed by atoms with E-state index in [1.54, 1.807) is 6.07 Å². The number of pyridine rings is 1. The van der Waals surface area contributed by atoms with Gasteiger partial charge in [0.05, 0.1) is 11.8 Å². The molecule has 0 atom stereocenters. The first-order chi connectivity index (χ1) is 11.8. The Morgan fingerprint density at radius 2 is 2.12 bits per heavy atom. The molecule has 0 saturated heterocycles. The van der Waals surface area contributed by atoms with Crippen LogP contribution in [0.5, 0.6) is 0 Å². The smallest absolute Gasteiger partial charge is 0.280 e. The fourth-order valence-electron chi connectivity index (χ4n) is 2.17. The van der Waals surface area contributed by atoms with Crippen LogP contribution in [0, 0.1) is 6.92 Å². The van der Waals surface area contributed by atoms with Crippen molar-refractivity contribution >= 4 is 23.2 Å². The molecule has 3 rings (SSSR count). The molecular weight excluding hydrogens is 335 g/mol. The van der Waals surface area contributed by atoms with Gasteiger partial charge in [0.1, 0.15) is 0 Å². The van der Waals surface area contributed by atoms with E-state index >= 15 is 0 Å². The summed E-state index contributed by atoms with van der Waals surface area (Å²) in [6.45, 7) is 1.84. The number of fused-ring (bicyclic) bond motifs is 1. The largest absolute Gasteiger partial charge is 0.416 e. The Morgan fingerprint density at radius 3 is 2.88 bits per heavy atom. The number of hydrogen-bond acceptors (Lipinski definition) is 4. The van der Waals surface area contributed by atoms with Crippen molar-refractivity contribution in [3.8, 4) is 0 Å². The summed E-state index contributed by atoms with van der Waals surface area (Å²) in [6, 6.07) is 5.89. The van der Waals surface area contributed by atoms with Crippen molar-refractivity contribution in [1.82, 2.24) is 20.6 Å². The van der Waals surface area contributed by atoms with Gasteiger partial charge in [0.15, 0.2) is 5.65 Å². The Hall–Kier alpha value is -3.23. The number of alkyl halides is 3. The van der Waals surface area contributed by atoms with Crippen LogP contribution in [-0.4, -0.2) is 27.3 Å². The maximum atomic E-state index is 12.7. The summed E-state index contributed by atoms with van der Waals surface area (Å²) in [4.78, 5) is 16.0. The Bertz CT molecular complexity index is 962. The topological polar surface area (TPSA) is 83.0 Å². The van der Waals surface area contributed by atoms with E-state index in [9.17, 15) is 18.0 Å². The number of aromatic nitrogens is 3. The molecule has 1 aromatic carbocycles. The van der Waals surface area contributed by atoms with Crippen LogP contribution in [0.3, 0.4) is 0 Å². The lowest BCUT2D eigenvalue weighted by Crippen LogP contribution is -2.18. The van der Waals surface area contributed by atoms with Gasteiger partial charge in [-0.1, -0.05) is 6.07 Å². The number of aryl methyl sites for hydroxylation is 1. The zero-order valence-corrected chi connectivity index (χ0v) is 12.9. The Balaban J connectivity index is 1.72. The van der Waals surface area contributed by atoms with Crippen LogP contribution in [0.15, 0.2) is 41.6 Å². The summed E-state index contributed by atoms with van der Waals surface area (Å²) in [5, 5.41) is 11.4. The summed E-state index contributed by atoms with van der Waals surface area (Å²) in [6.07, 6.45) is -1.64. The molecule has 0 fully saturated rings. The van der Waals surface area contributed by atoms with Crippen molar-refractivity contribution in [2.45, 2.75) is 13.1 Å². The highest BCUT2D eigenvalue weighted by molar-refractivity contribution is 5.95. The molecule has 2 N–H and O–H groups in total. The molecule has 0 aliphatic rings. The Labute approximate surface area is 139 Å². The number of carbonyl (C=O) groups excluding carboxylic acids is 1. The van der Waals surface area contributed by atoms with Gasteiger partial charge in [-0.05, 0) is 31.2 Å². The summed E-state index contributed by atoms with van der Waals surface area (Å²) >= 11 is 0. The van der Waals surface area contributed by atoms with Gasteiger partial charge in [-0.15, -0.1) is 0 Å². The molecule has 1 amide bonds. The number of nitrogens with one attached hydrogen (secondary N) is 2. The zero-order chi connectivity index (χ0) is 18.0. The lowest BCUT2D eigenvalue weighted by Gasteiger charge is -2.07. The summed E-state index contributed by atoms with van der Waals surface area (Å²) in [5.74, 6) is -0.740. The van der Waals surface area contributed by atoms with Crippen molar-refractivity contribution in [3.63, 3.8) is 0 Å². The van der Waals surface area contributed by atoms with Gasteiger partial charge >= 0.3 is 6.18 Å². The maximum absolute atomic E-state index is 12.7. The van der Waals surface area contributed by atoms with E-state index in [4.69, 9.17) is 0 Å². The SMILES string of the molecule is Cc1[nH]nc2ncc(/C=N/NC(=O)c3cccc(C(F)(F)F)c3)cc12. The van der Waals surface area contributed by atoms with Gasteiger partial charge in [0, 0.05) is 28.4 Å². The predicted octanol–water partition coefficient (Wildman–Crippen LogP) is 3.05. The molecule has 0 saturated carbocycles. The molecule has 0 bridgehead atoms. The van der Waals surface area contributed by atoms with Crippen LogP contribution in [0.2, 0.25) is 0 Å². The third-order valence-electron chi connectivity index (χ3n) is 3.45. The van der Waals surface area contributed by atoms with Crippen LogP contribution in [0.4, 0.5) is 13.2 Å². The first-order valence-electron chi connectivity index (χ1n) is 7.16. The van der Waals surface area contributed by atoms with E-state index in [1.165, 1.54) is 24.5 Å². The van der Waals surface area contributed by atoms with E-state index in [1.807, 2.05) is 6.92 Å². The predicted molar refractivity (Wildman–Crippen MR) is 85.1 cm³/mol. The second-order valence-corrected chi connectivity index (χ2v) is 5.27. The number of carbonyl (C=O) groups is 1. The van der Waals surface area contributed by atoms with Crippen molar-refractivity contribution < 1.29 is 18.0 Å². The molecule has 6 nitrogen and oxygen atoms in total. The highest BCUT2D eigenvalue weighted by Crippen LogP contribution is 2.29. The fourth-order valence-corrected chi connectivity index (χ4v) is 2.17. The van der Waals surface area contributed by atoms with Crippen LogP contribution in [-0.2, 0) is 6.18 Å². The number of hydrogen-bond donors (Lipinski definition) is 2. The normalized spacial score (nSPS) is 12.0. The van der Waals surface area contributed by atoms with Crippen molar-refractivity contribution in [2.24, 2.45) is 5.10 Å². The lowest BCUT2D eigenvalue weighted by molar-refractivity contribution is -0.137. The van der Waals surface area contributed by atoms with E-state index in [0.29, 0.717) is 11.2 Å². The van der Waals surface area contributed by atoms with Crippen LogP contribution < -0.4 is 5.43 Å². The molecule has 0 aliphatic carbocycles. The monoisotopic (exact) mass is 347 g/mol. The molecule has 2 heterocycles. The highest BCUT2D eigenvalue weighted by Gasteiger charge is 2.30. The van der Waals surface area contributed by atoms with Crippen molar-refractivity contribution in [3.05, 3.63) is 58.9 Å². The van der Waals surface area contributed by atoms with Gasteiger partial charge in [-0.3, -0.25) is 9.89 Å². The molecule has 0 unspecified atom stereocenters. The van der Waals surface area contributed by atoms with Gasteiger partial charge in [-0.2, -0.15) is 23.4 Å². The molecule has 3 aromatic rings. The summed E-state index contributed by atoms with van der Waals surface area (Å²) in [5.41, 5.74) is 3.18. The van der Waals surface area contributed by atoms with Crippen LogP contribution in [0.25, 0.3) is 11.0 Å². The quantitative estimate of drug-likeness (QED) is 0.564. The van der Waals surface area contributed by atoms with Gasteiger partial charge in [-0.25, -0.2) is 10.4 Å². The van der Waals surface area contributed by atoms with Crippen molar-refractivity contribution in [2.75, 3.05) is 0 Å². The molecule has 0 radical (unpaired) electrons. The second kappa shape index (κ2) is 6.34.